The summed E-state index contributed by atoms with van der Waals surface area (Å²) in [6, 6.07) is 0. The van der Waals surface area contributed by atoms with Gasteiger partial charge in [0.25, 0.3) is 0 Å². The van der Waals surface area contributed by atoms with Gasteiger partial charge >= 0.3 is 12.4 Å². The maximum atomic E-state index is 12.5. The highest BCUT2D eigenvalue weighted by Gasteiger charge is 2.38. The highest BCUT2D eigenvalue weighted by molar-refractivity contribution is 5.40. The van der Waals surface area contributed by atoms with E-state index in [1.807, 2.05) is 0 Å². The lowest BCUT2D eigenvalue weighted by Gasteiger charge is -2.11. The maximum Gasteiger partial charge on any atom is 0.416 e. The van der Waals surface area contributed by atoms with Crippen molar-refractivity contribution >= 4 is 0 Å². The van der Waals surface area contributed by atoms with Gasteiger partial charge < -0.3 is 0 Å². The van der Waals surface area contributed by atoms with Crippen LogP contribution in [0.1, 0.15) is 19.8 Å². The molecular formula is C11H10F6. The third-order valence-corrected chi connectivity index (χ3v) is 2.35. The molecule has 96 valence electrons. The van der Waals surface area contributed by atoms with Gasteiger partial charge in [0.1, 0.15) is 0 Å². The van der Waals surface area contributed by atoms with Gasteiger partial charge in [0, 0.05) is 5.57 Å². The molecule has 17 heavy (non-hydrogen) atoms. The molecule has 0 unspecified atom stereocenters. The van der Waals surface area contributed by atoms with Crippen LogP contribution in [0.5, 0.6) is 0 Å². The summed E-state index contributed by atoms with van der Waals surface area (Å²) in [5.41, 5.74) is -2.17. The van der Waals surface area contributed by atoms with E-state index in [9.17, 15) is 26.3 Å². The molecule has 0 spiro atoms. The van der Waals surface area contributed by atoms with Gasteiger partial charge in [-0.15, -0.1) is 0 Å². The molecule has 1 aliphatic rings. The Morgan fingerprint density at radius 2 is 1.59 bits per heavy atom. The van der Waals surface area contributed by atoms with Crippen LogP contribution in [-0.2, 0) is 0 Å². The van der Waals surface area contributed by atoms with Crippen LogP contribution in [0.2, 0.25) is 0 Å². The smallest absolute Gasteiger partial charge is 0.166 e. The summed E-state index contributed by atoms with van der Waals surface area (Å²) in [6.45, 7) is 1.59. The molecule has 1 aliphatic carbocycles. The molecule has 0 N–H and O–H groups in total. The van der Waals surface area contributed by atoms with Crippen molar-refractivity contribution in [2.75, 3.05) is 0 Å². The fraction of sp³-hybridized carbons (Fsp3) is 0.455. The summed E-state index contributed by atoms with van der Waals surface area (Å²) in [7, 11) is 0. The van der Waals surface area contributed by atoms with Crippen LogP contribution in [0.15, 0.2) is 34.9 Å². The number of hydrogen-bond acceptors (Lipinski definition) is 0. The summed E-state index contributed by atoms with van der Waals surface area (Å²) in [6.07, 6.45) is -7.64. The second-order valence-electron chi connectivity index (χ2n) is 3.60. The van der Waals surface area contributed by atoms with E-state index in [4.69, 9.17) is 0 Å². The third kappa shape index (κ3) is 3.64. The third-order valence-electron chi connectivity index (χ3n) is 2.35. The van der Waals surface area contributed by atoms with Crippen molar-refractivity contribution in [2.45, 2.75) is 32.1 Å². The molecule has 0 aliphatic heterocycles. The largest absolute Gasteiger partial charge is 0.416 e. The lowest BCUT2D eigenvalue weighted by molar-refractivity contribution is -0.0963. The Morgan fingerprint density at radius 3 is 2.00 bits per heavy atom. The highest BCUT2D eigenvalue weighted by atomic mass is 19.4. The van der Waals surface area contributed by atoms with E-state index in [1.54, 1.807) is 6.92 Å². The first kappa shape index (κ1) is 13.9. The number of halogens is 6. The van der Waals surface area contributed by atoms with Crippen molar-refractivity contribution in [2.24, 2.45) is 0 Å². The maximum absolute atomic E-state index is 12.5. The molecule has 6 heteroatoms. The lowest BCUT2D eigenvalue weighted by Crippen LogP contribution is -2.15. The number of rotatable bonds is 1. The molecule has 0 bridgehead atoms. The van der Waals surface area contributed by atoms with E-state index < -0.39 is 29.9 Å². The minimum Gasteiger partial charge on any atom is -0.166 e. The van der Waals surface area contributed by atoms with Crippen molar-refractivity contribution in [3.05, 3.63) is 34.9 Å². The lowest BCUT2D eigenvalue weighted by atomic mass is 10.1. The second kappa shape index (κ2) is 4.58. The van der Waals surface area contributed by atoms with Gasteiger partial charge in [-0.2, -0.15) is 26.3 Å². The molecule has 0 amide bonds. The molecule has 0 aromatic carbocycles. The zero-order valence-corrected chi connectivity index (χ0v) is 8.91. The molecule has 0 fully saturated rings. The number of alkyl halides is 6. The van der Waals surface area contributed by atoms with Crippen LogP contribution in [0.25, 0.3) is 0 Å². The van der Waals surface area contributed by atoms with Gasteiger partial charge in [0.05, 0.1) is 5.57 Å². The fourth-order valence-electron chi connectivity index (χ4n) is 1.40. The molecule has 0 nitrogen and oxygen atoms in total. The number of allylic oxidation sites excluding steroid dienone is 6. The normalized spacial score (nSPS) is 18.2. The molecule has 0 aromatic heterocycles. The molecule has 0 radical (unpaired) electrons. The van der Waals surface area contributed by atoms with E-state index in [-0.39, 0.29) is 18.1 Å². The molecule has 0 saturated heterocycles. The minimum atomic E-state index is -4.77. The summed E-state index contributed by atoms with van der Waals surface area (Å²) in [5.74, 6) is 0. The molecular weight excluding hydrogens is 246 g/mol. The predicted molar refractivity (Wildman–Crippen MR) is 51.3 cm³/mol. The topological polar surface area (TPSA) is 0 Å². The zero-order valence-electron chi connectivity index (χ0n) is 8.91. The molecule has 0 heterocycles. The summed E-state index contributed by atoms with van der Waals surface area (Å²) in [4.78, 5) is 0. The Kier molecular flexibility index (Phi) is 3.74. The molecule has 1 rings (SSSR count). The average Bonchev–Trinajstić information content (AvgIpc) is 2.37. The Balaban J connectivity index is 3.22. The van der Waals surface area contributed by atoms with E-state index in [2.05, 4.69) is 0 Å². The van der Waals surface area contributed by atoms with Crippen LogP contribution in [0.3, 0.4) is 0 Å². The van der Waals surface area contributed by atoms with Gasteiger partial charge in [0.15, 0.2) is 0 Å². The monoisotopic (exact) mass is 256 g/mol. The molecule has 0 saturated carbocycles. The minimum absolute atomic E-state index is 0.180. The van der Waals surface area contributed by atoms with Crippen molar-refractivity contribution in [1.29, 1.82) is 0 Å². The van der Waals surface area contributed by atoms with Crippen molar-refractivity contribution in [3.63, 3.8) is 0 Å². The van der Waals surface area contributed by atoms with Crippen molar-refractivity contribution < 1.29 is 26.3 Å². The van der Waals surface area contributed by atoms with Crippen molar-refractivity contribution in [3.8, 4) is 0 Å². The van der Waals surface area contributed by atoms with Gasteiger partial charge in [-0.25, -0.2) is 0 Å². The van der Waals surface area contributed by atoms with Crippen LogP contribution in [-0.4, -0.2) is 12.4 Å². The van der Waals surface area contributed by atoms with Crippen LogP contribution < -0.4 is 0 Å². The molecule has 0 aromatic rings. The SMILES string of the molecule is CCC1=CCC(C(F)(F)F)=CC(C(F)(F)F)=C1. The Bertz CT molecular complexity index is 378. The first-order valence-electron chi connectivity index (χ1n) is 4.90. The van der Waals surface area contributed by atoms with Crippen LogP contribution in [0, 0.1) is 0 Å². The Hall–Kier alpha value is -1.20. The highest BCUT2D eigenvalue weighted by Crippen LogP contribution is 2.37. The van der Waals surface area contributed by atoms with E-state index in [1.165, 1.54) is 6.08 Å². The zero-order chi connectivity index (χ0) is 13.3. The summed E-state index contributed by atoms with van der Waals surface area (Å²) < 4.78 is 74.7. The first-order valence-corrected chi connectivity index (χ1v) is 4.90. The quantitative estimate of drug-likeness (QED) is 0.596. The van der Waals surface area contributed by atoms with Gasteiger partial charge in [0.2, 0.25) is 0 Å². The Labute approximate surface area is 94.3 Å². The standard InChI is InChI=1S/C11H10F6/c1-2-7-3-4-8(10(12,13)14)6-9(5-7)11(15,16)17/h3,5-6H,2,4H2,1H3. The van der Waals surface area contributed by atoms with Crippen molar-refractivity contribution in [1.82, 2.24) is 0 Å². The van der Waals surface area contributed by atoms with Crippen LogP contribution in [0.4, 0.5) is 26.3 Å². The number of hydrogen-bond donors (Lipinski definition) is 0. The second-order valence-corrected chi connectivity index (χ2v) is 3.60. The first-order chi connectivity index (χ1) is 7.64. The van der Waals surface area contributed by atoms with Gasteiger partial charge in [-0.3, -0.25) is 0 Å². The predicted octanol–water partition coefficient (Wildman–Crippen LogP) is 4.70. The van der Waals surface area contributed by atoms with Gasteiger partial charge in [-0.1, -0.05) is 18.6 Å². The summed E-state index contributed by atoms with van der Waals surface area (Å²) in [5, 5.41) is 0. The van der Waals surface area contributed by atoms with E-state index >= 15 is 0 Å². The van der Waals surface area contributed by atoms with Gasteiger partial charge in [-0.05, 0) is 25.0 Å². The average molecular weight is 256 g/mol. The summed E-state index contributed by atoms with van der Waals surface area (Å²) >= 11 is 0. The molecule has 0 atom stereocenters. The van der Waals surface area contributed by atoms with Crippen LogP contribution >= 0.6 is 0 Å². The van der Waals surface area contributed by atoms with E-state index in [0.29, 0.717) is 0 Å². The Morgan fingerprint density at radius 1 is 1.00 bits per heavy atom. The van der Waals surface area contributed by atoms with E-state index in [0.717, 1.165) is 6.08 Å². The fourth-order valence-corrected chi connectivity index (χ4v) is 1.40.